The standard InChI is InChI=1S/C10H14N2/c1-7-3-4-9-8(5-7)10(11-2)6-12-9/h3-5,10-12H,6H2,1-2H3. The van der Waals surface area contributed by atoms with Gasteiger partial charge < -0.3 is 10.6 Å². The summed E-state index contributed by atoms with van der Waals surface area (Å²) in [5.74, 6) is 0. The quantitative estimate of drug-likeness (QED) is 0.656. The van der Waals surface area contributed by atoms with E-state index in [1.807, 2.05) is 7.05 Å². The fraction of sp³-hybridized carbons (Fsp3) is 0.400. The number of rotatable bonds is 1. The molecule has 0 fully saturated rings. The van der Waals surface area contributed by atoms with Crippen LogP contribution in [0.4, 0.5) is 5.69 Å². The molecule has 1 unspecified atom stereocenters. The normalized spacial score (nSPS) is 20.3. The van der Waals surface area contributed by atoms with Gasteiger partial charge in [-0.05, 0) is 25.6 Å². The Morgan fingerprint density at radius 3 is 3.08 bits per heavy atom. The summed E-state index contributed by atoms with van der Waals surface area (Å²) in [6.45, 7) is 3.14. The van der Waals surface area contributed by atoms with Crippen molar-refractivity contribution in [2.45, 2.75) is 13.0 Å². The van der Waals surface area contributed by atoms with E-state index < -0.39 is 0 Å². The summed E-state index contributed by atoms with van der Waals surface area (Å²) in [4.78, 5) is 0. The maximum Gasteiger partial charge on any atom is 0.0513 e. The summed E-state index contributed by atoms with van der Waals surface area (Å²) < 4.78 is 0. The lowest BCUT2D eigenvalue weighted by molar-refractivity contribution is 0.648. The molecule has 0 saturated heterocycles. The third-order valence-corrected chi connectivity index (χ3v) is 2.43. The largest absolute Gasteiger partial charge is 0.383 e. The average molecular weight is 162 g/mol. The molecule has 0 bridgehead atoms. The van der Waals surface area contributed by atoms with Crippen LogP contribution in [0, 0.1) is 6.92 Å². The molecular formula is C10H14N2. The number of anilines is 1. The van der Waals surface area contributed by atoms with Crippen LogP contribution in [0.2, 0.25) is 0 Å². The Balaban J connectivity index is 2.42. The molecule has 0 aromatic heterocycles. The van der Waals surface area contributed by atoms with Crippen LogP contribution in [0.3, 0.4) is 0 Å². The van der Waals surface area contributed by atoms with Crippen LogP contribution >= 0.6 is 0 Å². The van der Waals surface area contributed by atoms with E-state index in [0.29, 0.717) is 6.04 Å². The van der Waals surface area contributed by atoms with E-state index in [0.717, 1.165) is 6.54 Å². The molecule has 1 heterocycles. The van der Waals surface area contributed by atoms with Crippen molar-refractivity contribution in [2.75, 3.05) is 18.9 Å². The smallest absolute Gasteiger partial charge is 0.0513 e. The zero-order valence-electron chi connectivity index (χ0n) is 7.52. The number of hydrogen-bond donors (Lipinski definition) is 2. The molecule has 64 valence electrons. The molecule has 2 N–H and O–H groups in total. The summed E-state index contributed by atoms with van der Waals surface area (Å²) >= 11 is 0. The van der Waals surface area contributed by atoms with Gasteiger partial charge in [-0.2, -0.15) is 0 Å². The van der Waals surface area contributed by atoms with Gasteiger partial charge in [-0.15, -0.1) is 0 Å². The van der Waals surface area contributed by atoms with E-state index in [9.17, 15) is 0 Å². The SMILES string of the molecule is CNC1CNc2ccc(C)cc21. The number of fused-ring (bicyclic) bond motifs is 1. The molecule has 1 aliphatic rings. The maximum atomic E-state index is 3.37. The summed E-state index contributed by atoms with van der Waals surface area (Å²) in [5.41, 5.74) is 4.01. The Morgan fingerprint density at radius 2 is 2.33 bits per heavy atom. The van der Waals surface area contributed by atoms with Crippen LogP contribution in [0.25, 0.3) is 0 Å². The van der Waals surface area contributed by atoms with Gasteiger partial charge in [-0.3, -0.25) is 0 Å². The first-order valence-corrected chi connectivity index (χ1v) is 4.33. The number of likely N-dealkylation sites (N-methyl/N-ethyl adjacent to an activating group) is 1. The average Bonchev–Trinajstić information content (AvgIpc) is 2.46. The minimum atomic E-state index is 0.486. The van der Waals surface area contributed by atoms with Crippen molar-refractivity contribution in [3.05, 3.63) is 29.3 Å². The molecule has 2 rings (SSSR count). The molecule has 1 atom stereocenters. The summed E-state index contributed by atoms with van der Waals surface area (Å²) in [5, 5.41) is 6.65. The lowest BCUT2D eigenvalue weighted by Crippen LogP contribution is -2.17. The molecule has 1 aliphatic heterocycles. The molecule has 12 heavy (non-hydrogen) atoms. The molecule has 1 aromatic rings. The minimum Gasteiger partial charge on any atom is -0.383 e. The molecule has 0 aliphatic carbocycles. The third kappa shape index (κ3) is 1.08. The Hall–Kier alpha value is -1.02. The molecule has 2 nitrogen and oxygen atoms in total. The highest BCUT2D eigenvalue weighted by Gasteiger charge is 2.19. The fourth-order valence-electron chi connectivity index (χ4n) is 1.71. The van der Waals surface area contributed by atoms with Crippen molar-refractivity contribution in [3.63, 3.8) is 0 Å². The van der Waals surface area contributed by atoms with Crippen molar-refractivity contribution in [1.82, 2.24) is 5.32 Å². The predicted octanol–water partition coefficient (Wildman–Crippen LogP) is 1.68. The van der Waals surface area contributed by atoms with Crippen molar-refractivity contribution in [2.24, 2.45) is 0 Å². The van der Waals surface area contributed by atoms with E-state index in [1.54, 1.807) is 0 Å². The van der Waals surface area contributed by atoms with E-state index >= 15 is 0 Å². The highest BCUT2D eigenvalue weighted by molar-refractivity contribution is 5.58. The van der Waals surface area contributed by atoms with Crippen LogP contribution in [-0.2, 0) is 0 Å². The second-order valence-electron chi connectivity index (χ2n) is 3.31. The summed E-state index contributed by atoms with van der Waals surface area (Å²) in [7, 11) is 2.00. The zero-order chi connectivity index (χ0) is 8.55. The van der Waals surface area contributed by atoms with Gasteiger partial charge in [0.05, 0.1) is 6.04 Å². The highest BCUT2D eigenvalue weighted by Crippen LogP contribution is 2.29. The first kappa shape index (κ1) is 7.62. The Bertz CT molecular complexity index is 294. The van der Waals surface area contributed by atoms with Crippen LogP contribution in [-0.4, -0.2) is 13.6 Å². The molecule has 0 radical (unpaired) electrons. The molecular weight excluding hydrogens is 148 g/mol. The maximum absolute atomic E-state index is 3.37. The Kier molecular flexibility index (Phi) is 1.77. The molecule has 2 heteroatoms. The Morgan fingerprint density at radius 1 is 1.50 bits per heavy atom. The van der Waals surface area contributed by atoms with Crippen LogP contribution in [0.1, 0.15) is 17.2 Å². The van der Waals surface area contributed by atoms with Crippen LogP contribution in [0.15, 0.2) is 18.2 Å². The summed E-state index contributed by atoms with van der Waals surface area (Å²) in [6.07, 6.45) is 0. The van der Waals surface area contributed by atoms with Gasteiger partial charge in [-0.1, -0.05) is 17.7 Å². The summed E-state index contributed by atoms with van der Waals surface area (Å²) in [6, 6.07) is 7.03. The molecule has 0 saturated carbocycles. The minimum absolute atomic E-state index is 0.486. The van der Waals surface area contributed by atoms with E-state index in [4.69, 9.17) is 0 Å². The van der Waals surface area contributed by atoms with Crippen LogP contribution < -0.4 is 10.6 Å². The van der Waals surface area contributed by atoms with Gasteiger partial charge in [-0.25, -0.2) is 0 Å². The highest BCUT2D eigenvalue weighted by atomic mass is 15.0. The number of nitrogens with one attached hydrogen (secondary N) is 2. The first-order chi connectivity index (χ1) is 5.81. The Labute approximate surface area is 73.0 Å². The van der Waals surface area contributed by atoms with Crippen LogP contribution in [0.5, 0.6) is 0 Å². The second kappa shape index (κ2) is 2.79. The van der Waals surface area contributed by atoms with E-state index in [-0.39, 0.29) is 0 Å². The monoisotopic (exact) mass is 162 g/mol. The topological polar surface area (TPSA) is 24.1 Å². The fourth-order valence-corrected chi connectivity index (χ4v) is 1.71. The van der Waals surface area contributed by atoms with Crippen molar-refractivity contribution >= 4 is 5.69 Å². The van der Waals surface area contributed by atoms with Crippen molar-refractivity contribution in [3.8, 4) is 0 Å². The molecule has 0 amide bonds. The van der Waals surface area contributed by atoms with Gasteiger partial charge in [0.2, 0.25) is 0 Å². The second-order valence-corrected chi connectivity index (χ2v) is 3.31. The lowest BCUT2D eigenvalue weighted by Gasteiger charge is -2.07. The van der Waals surface area contributed by atoms with Gasteiger partial charge in [0.25, 0.3) is 0 Å². The number of hydrogen-bond acceptors (Lipinski definition) is 2. The van der Waals surface area contributed by atoms with Crippen molar-refractivity contribution in [1.29, 1.82) is 0 Å². The number of benzene rings is 1. The van der Waals surface area contributed by atoms with E-state index in [2.05, 4.69) is 35.8 Å². The molecule has 0 spiro atoms. The van der Waals surface area contributed by atoms with E-state index in [1.165, 1.54) is 16.8 Å². The van der Waals surface area contributed by atoms with Crippen molar-refractivity contribution < 1.29 is 0 Å². The van der Waals surface area contributed by atoms with Gasteiger partial charge >= 0.3 is 0 Å². The predicted molar refractivity (Wildman–Crippen MR) is 51.5 cm³/mol. The van der Waals surface area contributed by atoms with Gasteiger partial charge in [0, 0.05) is 12.2 Å². The first-order valence-electron chi connectivity index (χ1n) is 4.33. The zero-order valence-corrected chi connectivity index (χ0v) is 7.52. The lowest BCUT2D eigenvalue weighted by atomic mass is 10.1. The third-order valence-electron chi connectivity index (χ3n) is 2.43. The van der Waals surface area contributed by atoms with Gasteiger partial charge in [0.15, 0.2) is 0 Å². The van der Waals surface area contributed by atoms with Gasteiger partial charge in [0.1, 0.15) is 0 Å². The molecule has 1 aromatic carbocycles. The number of aryl methyl sites for hydroxylation is 1.